The summed E-state index contributed by atoms with van der Waals surface area (Å²) in [5.74, 6) is -0.134. The third-order valence-corrected chi connectivity index (χ3v) is 3.95. The molecular weight excluding hydrogens is 280 g/mol. The minimum atomic E-state index is -0.134. The van der Waals surface area contributed by atoms with Gasteiger partial charge in [0, 0.05) is 35.5 Å². The highest BCUT2D eigenvalue weighted by Crippen LogP contribution is 2.20. The number of carbonyl (C=O) groups is 1. The van der Waals surface area contributed by atoms with Crippen LogP contribution in [0, 0.1) is 0 Å². The Hall–Kier alpha value is -2.60. The number of amides is 1. The fourth-order valence-corrected chi connectivity index (χ4v) is 2.73. The summed E-state index contributed by atoms with van der Waals surface area (Å²) in [6, 6.07) is 7.80. The highest BCUT2D eigenvalue weighted by atomic mass is 16.5. The molecule has 2 aromatic heterocycles. The van der Waals surface area contributed by atoms with E-state index in [1.165, 1.54) is 0 Å². The summed E-state index contributed by atoms with van der Waals surface area (Å²) in [4.78, 5) is 15.4. The van der Waals surface area contributed by atoms with Crippen molar-refractivity contribution in [1.82, 2.24) is 14.8 Å². The molecule has 1 saturated heterocycles. The van der Waals surface area contributed by atoms with Gasteiger partial charge in [-0.3, -0.25) is 9.48 Å². The molecule has 1 aliphatic heterocycles. The topological polar surface area (TPSA) is 71.9 Å². The molecule has 0 unspecified atom stereocenters. The Morgan fingerprint density at radius 1 is 1.41 bits per heavy atom. The average Bonchev–Trinajstić information content (AvgIpc) is 3.27. The van der Waals surface area contributed by atoms with Crippen molar-refractivity contribution in [3.63, 3.8) is 0 Å². The highest BCUT2D eigenvalue weighted by molar-refractivity contribution is 6.06. The molecule has 112 valence electrons. The monoisotopic (exact) mass is 296 g/mol. The Morgan fingerprint density at radius 3 is 3.23 bits per heavy atom. The van der Waals surface area contributed by atoms with E-state index in [1.54, 1.807) is 6.20 Å². The van der Waals surface area contributed by atoms with E-state index in [-0.39, 0.29) is 11.9 Å². The van der Waals surface area contributed by atoms with E-state index in [4.69, 9.17) is 4.74 Å². The van der Waals surface area contributed by atoms with Gasteiger partial charge in [0.25, 0.3) is 5.91 Å². The number of rotatable bonds is 3. The van der Waals surface area contributed by atoms with Crippen LogP contribution in [0.3, 0.4) is 0 Å². The maximum Gasteiger partial charge on any atom is 0.255 e. The van der Waals surface area contributed by atoms with Gasteiger partial charge in [-0.25, -0.2) is 0 Å². The van der Waals surface area contributed by atoms with Gasteiger partial charge in [-0.15, -0.1) is 0 Å². The summed E-state index contributed by atoms with van der Waals surface area (Å²) in [5.41, 5.74) is 2.35. The maximum absolute atomic E-state index is 12.3. The molecule has 0 spiro atoms. The zero-order valence-electron chi connectivity index (χ0n) is 12.0. The zero-order chi connectivity index (χ0) is 14.9. The third-order valence-electron chi connectivity index (χ3n) is 3.95. The Balaban J connectivity index is 1.51. The van der Waals surface area contributed by atoms with E-state index in [1.807, 2.05) is 41.3 Å². The average molecular weight is 296 g/mol. The molecule has 6 nitrogen and oxygen atoms in total. The summed E-state index contributed by atoms with van der Waals surface area (Å²) < 4.78 is 7.21. The van der Waals surface area contributed by atoms with Crippen molar-refractivity contribution in [1.29, 1.82) is 0 Å². The standard InChI is InChI=1S/C16H16N4O2/c21-16(12-1-2-15-11(7-12)3-5-17-15)19-13-8-18-20(9-13)14-4-6-22-10-14/h1-3,5,7-9,14,17H,4,6,10H2,(H,19,21)/t14-/m1/s1. The number of carbonyl (C=O) groups excluding carboxylic acids is 1. The molecule has 1 aliphatic rings. The van der Waals surface area contributed by atoms with E-state index >= 15 is 0 Å². The van der Waals surface area contributed by atoms with Gasteiger partial charge in [0.1, 0.15) is 0 Å². The first kappa shape index (κ1) is 13.1. The summed E-state index contributed by atoms with van der Waals surface area (Å²) in [5, 5.41) is 8.21. The molecule has 3 heterocycles. The molecule has 6 heteroatoms. The number of aromatic nitrogens is 3. The van der Waals surface area contributed by atoms with Gasteiger partial charge >= 0.3 is 0 Å². The van der Waals surface area contributed by atoms with E-state index < -0.39 is 0 Å². The molecule has 3 aromatic rings. The summed E-state index contributed by atoms with van der Waals surface area (Å²) in [7, 11) is 0. The molecular formula is C16H16N4O2. The smallest absolute Gasteiger partial charge is 0.255 e. The lowest BCUT2D eigenvalue weighted by Crippen LogP contribution is -2.12. The molecule has 0 aliphatic carbocycles. The summed E-state index contributed by atoms with van der Waals surface area (Å²) >= 11 is 0. The van der Waals surface area contributed by atoms with Crippen molar-refractivity contribution in [2.45, 2.75) is 12.5 Å². The lowest BCUT2D eigenvalue weighted by molar-refractivity contribution is 0.102. The quantitative estimate of drug-likeness (QED) is 0.780. The predicted octanol–water partition coefficient (Wildman–Crippen LogP) is 2.58. The Bertz CT molecular complexity index is 814. The minimum Gasteiger partial charge on any atom is -0.379 e. The number of benzene rings is 1. The molecule has 1 fully saturated rings. The van der Waals surface area contributed by atoms with Gasteiger partial charge in [-0.2, -0.15) is 5.10 Å². The number of anilines is 1. The van der Waals surface area contributed by atoms with Crippen LogP contribution in [0.15, 0.2) is 42.9 Å². The van der Waals surface area contributed by atoms with E-state index in [9.17, 15) is 4.79 Å². The molecule has 0 radical (unpaired) electrons. The fourth-order valence-electron chi connectivity index (χ4n) is 2.73. The number of H-pyrrole nitrogens is 1. The fraction of sp³-hybridized carbons (Fsp3) is 0.250. The van der Waals surface area contributed by atoms with E-state index in [0.29, 0.717) is 17.9 Å². The Morgan fingerprint density at radius 2 is 2.36 bits per heavy atom. The van der Waals surface area contributed by atoms with Crippen molar-refractivity contribution < 1.29 is 9.53 Å². The van der Waals surface area contributed by atoms with Crippen LogP contribution in [0.5, 0.6) is 0 Å². The van der Waals surface area contributed by atoms with E-state index in [2.05, 4.69) is 15.4 Å². The van der Waals surface area contributed by atoms with Crippen LogP contribution in [0.2, 0.25) is 0 Å². The first-order valence-electron chi connectivity index (χ1n) is 7.30. The third kappa shape index (κ3) is 2.37. The van der Waals surface area contributed by atoms with Crippen molar-refractivity contribution >= 4 is 22.5 Å². The van der Waals surface area contributed by atoms with Crippen LogP contribution >= 0.6 is 0 Å². The Labute approximate surface area is 127 Å². The number of nitrogens with one attached hydrogen (secondary N) is 2. The van der Waals surface area contributed by atoms with Gasteiger partial charge in [0.15, 0.2) is 0 Å². The van der Waals surface area contributed by atoms with Crippen molar-refractivity contribution in [3.05, 3.63) is 48.4 Å². The van der Waals surface area contributed by atoms with Gasteiger partial charge in [0.05, 0.1) is 24.5 Å². The van der Waals surface area contributed by atoms with Crippen LogP contribution in [-0.4, -0.2) is 33.9 Å². The van der Waals surface area contributed by atoms with Crippen LogP contribution in [-0.2, 0) is 4.74 Å². The number of hydrogen-bond acceptors (Lipinski definition) is 3. The van der Waals surface area contributed by atoms with Gasteiger partial charge in [-0.1, -0.05) is 0 Å². The SMILES string of the molecule is O=C(Nc1cnn([C@@H]2CCOC2)c1)c1ccc2[nH]ccc2c1. The van der Waals surface area contributed by atoms with Crippen LogP contribution in [0.1, 0.15) is 22.8 Å². The summed E-state index contributed by atoms with van der Waals surface area (Å²) in [6.45, 7) is 1.45. The number of hydrogen-bond donors (Lipinski definition) is 2. The van der Waals surface area contributed by atoms with Crippen LogP contribution in [0.25, 0.3) is 10.9 Å². The predicted molar refractivity (Wildman–Crippen MR) is 83.0 cm³/mol. The van der Waals surface area contributed by atoms with Gasteiger partial charge in [-0.05, 0) is 30.7 Å². The van der Waals surface area contributed by atoms with Gasteiger partial charge < -0.3 is 15.0 Å². The molecule has 1 atom stereocenters. The van der Waals surface area contributed by atoms with Crippen LogP contribution in [0.4, 0.5) is 5.69 Å². The first-order valence-corrected chi connectivity index (χ1v) is 7.30. The number of ether oxygens (including phenoxy) is 1. The molecule has 0 saturated carbocycles. The highest BCUT2D eigenvalue weighted by Gasteiger charge is 2.18. The molecule has 4 rings (SSSR count). The van der Waals surface area contributed by atoms with Crippen molar-refractivity contribution in [2.75, 3.05) is 18.5 Å². The normalized spacial score (nSPS) is 17.9. The second-order valence-electron chi connectivity index (χ2n) is 5.46. The second kappa shape index (κ2) is 5.31. The molecule has 1 amide bonds. The molecule has 2 N–H and O–H groups in total. The lowest BCUT2D eigenvalue weighted by Gasteiger charge is -2.07. The number of nitrogens with zero attached hydrogens (tertiary/aromatic N) is 2. The maximum atomic E-state index is 12.3. The molecule has 0 bridgehead atoms. The second-order valence-corrected chi connectivity index (χ2v) is 5.46. The van der Waals surface area contributed by atoms with Crippen LogP contribution < -0.4 is 5.32 Å². The van der Waals surface area contributed by atoms with Crippen molar-refractivity contribution in [3.8, 4) is 0 Å². The number of aromatic amines is 1. The largest absolute Gasteiger partial charge is 0.379 e. The molecule has 1 aromatic carbocycles. The molecule has 22 heavy (non-hydrogen) atoms. The van der Waals surface area contributed by atoms with E-state index in [0.717, 1.165) is 23.9 Å². The first-order chi connectivity index (χ1) is 10.8. The zero-order valence-corrected chi connectivity index (χ0v) is 12.0. The van der Waals surface area contributed by atoms with Gasteiger partial charge in [0.2, 0.25) is 0 Å². The minimum absolute atomic E-state index is 0.134. The summed E-state index contributed by atoms with van der Waals surface area (Å²) in [6.07, 6.45) is 6.34. The Kier molecular flexibility index (Phi) is 3.16. The van der Waals surface area contributed by atoms with Crippen molar-refractivity contribution in [2.24, 2.45) is 0 Å². The number of fused-ring (bicyclic) bond motifs is 1. The lowest BCUT2D eigenvalue weighted by atomic mass is 10.1.